The molecule has 13 nitrogen and oxygen atoms in total. The van der Waals surface area contributed by atoms with Crippen LogP contribution in [0, 0.1) is 39.9 Å². The molecule has 6 N–H and O–H groups in total. The molecule has 5 rings (SSSR count). The highest BCUT2D eigenvalue weighted by molar-refractivity contribution is 6.02. The maximum absolute atomic E-state index is 14.4. The highest BCUT2D eigenvalue weighted by atomic mass is 16.7. The number of ether oxygens (including phenoxy) is 3. The Morgan fingerprint density at radius 3 is 2.26 bits per heavy atom. The molecule has 1 heterocycles. The summed E-state index contributed by atoms with van der Waals surface area (Å²) < 4.78 is 16.6. The average molecular weight is 705 g/mol. The molecule has 2 saturated carbocycles. The summed E-state index contributed by atoms with van der Waals surface area (Å²) in [6.07, 6.45) is -2.48. The second-order valence-corrected chi connectivity index (χ2v) is 16.6. The Bertz CT molecular complexity index is 1520. The minimum absolute atomic E-state index is 0.0621. The summed E-state index contributed by atoms with van der Waals surface area (Å²) in [7, 11) is 0. The number of rotatable bonds is 8. The first-order valence-corrected chi connectivity index (χ1v) is 17.3. The molecule has 13 atom stereocenters. The highest BCUT2D eigenvalue weighted by Crippen LogP contribution is 2.70. The summed E-state index contributed by atoms with van der Waals surface area (Å²) in [4.78, 5) is 53.4. The molecule has 0 radical (unpaired) electrons. The van der Waals surface area contributed by atoms with Gasteiger partial charge in [-0.05, 0) is 82.4 Å². The van der Waals surface area contributed by atoms with Crippen molar-refractivity contribution in [3.05, 3.63) is 35.6 Å². The molecule has 0 spiro atoms. The number of esters is 1. The smallest absolute Gasteiger partial charge is 0.303 e. The number of hydrogen-bond donors (Lipinski definition) is 6. The predicted molar refractivity (Wildman–Crippen MR) is 175 cm³/mol. The summed E-state index contributed by atoms with van der Waals surface area (Å²) in [5, 5.41) is 64.3. The van der Waals surface area contributed by atoms with Crippen molar-refractivity contribution in [2.75, 3.05) is 6.61 Å². The lowest BCUT2D eigenvalue weighted by molar-refractivity contribution is -0.291. The second-order valence-electron chi connectivity index (χ2n) is 16.6. The van der Waals surface area contributed by atoms with E-state index < -0.39 is 106 Å². The number of carbonyl (C=O) groups excluding carboxylic acids is 4. The van der Waals surface area contributed by atoms with Crippen LogP contribution in [0.5, 0.6) is 0 Å². The average Bonchev–Trinajstić information content (AvgIpc) is 3.22. The lowest BCUT2D eigenvalue weighted by Crippen LogP contribution is -2.61. The van der Waals surface area contributed by atoms with Crippen molar-refractivity contribution in [3.8, 4) is 0 Å². The van der Waals surface area contributed by atoms with Crippen LogP contribution < -0.4 is 0 Å². The number of aliphatic hydroxyl groups excluding tert-OH is 5. The topological polar surface area (TPSA) is 217 Å². The van der Waals surface area contributed by atoms with Crippen LogP contribution in [-0.4, -0.2) is 109 Å². The zero-order valence-corrected chi connectivity index (χ0v) is 30.0. The van der Waals surface area contributed by atoms with E-state index in [1.807, 2.05) is 19.9 Å². The van der Waals surface area contributed by atoms with Crippen LogP contribution >= 0.6 is 0 Å². The SMILES string of the molecule is CC(=O)OC(C)(C)C=CC(=O)C(C)(O)C1C(O)CC2(C)C3CC=C4C(C=C(OC5OC(CO)C(O)C(O)C5O)C(=O)C4(C)C)C3C(=O)CC12C. The van der Waals surface area contributed by atoms with Crippen LogP contribution in [0.25, 0.3) is 0 Å². The van der Waals surface area contributed by atoms with Gasteiger partial charge in [-0.3, -0.25) is 19.2 Å². The molecule has 13 heteroatoms. The van der Waals surface area contributed by atoms with E-state index in [1.54, 1.807) is 33.8 Å². The van der Waals surface area contributed by atoms with Crippen LogP contribution in [-0.2, 0) is 33.4 Å². The fourth-order valence-corrected chi connectivity index (χ4v) is 9.92. The van der Waals surface area contributed by atoms with Gasteiger partial charge in [-0.1, -0.05) is 25.5 Å². The fraction of sp³-hybridized carbons (Fsp3) is 0.730. The lowest BCUT2D eigenvalue weighted by Gasteiger charge is -2.59. The van der Waals surface area contributed by atoms with Gasteiger partial charge in [-0.2, -0.15) is 0 Å². The Labute approximate surface area is 292 Å². The van der Waals surface area contributed by atoms with Gasteiger partial charge in [-0.25, -0.2) is 0 Å². The van der Waals surface area contributed by atoms with Gasteiger partial charge in [0.05, 0.1) is 18.1 Å². The van der Waals surface area contributed by atoms with Crippen molar-refractivity contribution in [3.63, 3.8) is 0 Å². The normalized spacial score (nSPS) is 42.4. The number of ketones is 3. The second kappa shape index (κ2) is 12.7. The van der Waals surface area contributed by atoms with Gasteiger partial charge in [0.2, 0.25) is 12.1 Å². The molecule has 3 fully saturated rings. The van der Waals surface area contributed by atoms with E-state index in [4.69, 9.17) is 14.2 Å². The standard InChI is InChI=1S/C37H52O13/c1-17(39)50-33(2,3)12-11-25(42)37(8,47)30-22(41)15-35(6)20-10-9-19-18(26(20)21(40)14-36(30,35)7)13-23(31(46)34(19,4)5)48-32-29(45)28(44)27(43)24(16-38)49-32/h9,11-13,18,20,22,24,26-30,32,38,41,43-45,47H,10,14-16H2,1-8H3. The quantitative estimate of drug-likeness (QED) is 0.119. The van der Waals surface area contributed by atoms with Crippen molar-refractivity contribution in [2.24, 2.45) is 39.9 Å². The number of Topliss-reactive ketones (excluding diaryl/α,β-unsaturated/α-hetero) is 2. The molecule has 0 bridgehead atoms. The first-order valence-electron chi connectivity index (χ1n) is 17.3. The van der Waals surface area contributed by atoms with Gasteiger partial charge in [-0.15, -0.1) is 0 Å². The minimum atomic E-state index is -2.08. The summed E-state index contributed by atoms with van der Waals surface area (Å²) in [6, 6.07) is 0. The Morgan fingerprint density at radius 2 is 1.66 bits per heavy atom. The van der Waals surface area contributed by atoms with Gasteiger partial charge in [0, 0.05) is 31.1 Å². The molecule has 0 aromatic heterocycles. The molecule has 50 heavy (non-hydrogen) atoms. The van der Waals surface area contributed by atoms with E-state index in [1.165, 1.54) is 19.9 Å². The summed E-state index contributed by atoms with van der Waals surface area (Å²) >= 11 is 0. The summed E-state index contributed by atoms with van der Waals surface area (Å²) in [5.74, 6) is -4.66. The molecule has 13 unspecified atom stereocenters. The third-order valence-electron chi connectivity index (χ3n) is 12.6. The minimum Gasteiger partial charge on any atom is -0.459 e. The van der Waals surface area contributed by atoms with E-state index in [0.29, 0.717) is 6.42 Å². The van der Waals surface area contributed by atoms with Gasteiger partial charge in [0.1, 0.15) is 41.4 Å². The van der Waals surface area contributed by atoms with Gasteiger partial charge >= 0.3 is 5.97 Å². The number of hydrogen-bond acceptors (Lipinski definition) is 13. The predicted octanol–water partition coefficient (Wildman–Crippen LogP) is 1.06. The van der Waals surface area contributed by atoms with Crippen LogP contribution in [0.1, 0.15) is 74.7 Å². The highest BCUT2D eigenvalue weighted by Gasteiger charge is 2.71. The third kappa shape index (κ3) is 5.92. The van der Waals surface area contributed by atoms with E-state index in [0.717, 1.165) is 11.6 Å². The maximum Gasteiger partial charge on any atom is 0.303 e. The largest absolute Gasteiger partial charge is 0.459 e. The molecule has 0 aromatic rings. The zero-order chi connectivity index (χ0) is 37.5. The van der Waals surface area contributed by atoms with Gasteiger partial charge < -0.3 is 44.8 Å². The first kappa shape index (κ1) is 38.5. The molecular formula is C37H52O13. The molecular weight excluding hydrogens is 652 g/mol. The zero-order valence-electron chi connectivity index (χ0n) is 30.0. The summed E-state index contributed by atoms with van der Waals surface area (Å²) in [5.41, 5.74) is -5.38. The fourth-order valence-electron chi connectivity index (χ4n) is 9.92. The van der Waals surface area contributed by atoms with Crippen molar-refractivity contribution in [1.82, 2.24) is 0 Å². The molecule has 1 saturated heterocycles. The van der Waals surface area contributed by atoms with E-state index in [-0.39, 0.29) is 30.3 Å². The van der Waals surface area contributed by atoms with E-state index in [2.05, 4.69) is 0 Å². The monoisotopic (exact) mass is 704 g/mol. The van der Waals surface area contributed by atoms with Crippen LogP contribution in [0.3, 0.4) is 0 Å². The van der Waals surface area contributed by atoms with E-state index in [9.17, 15) is 49.8 Å². The molecule has 0 aromatic carbocycles. The number of carbonyl (C=O) groups is 4. The van der Waals surface area contributed by atoms with Gasteiger partial charge in [0.25, 0.3) is 0 Å². The van der Waals surface area contributed by atoms with E-state index >= 15 is 0 Å². The first-order chi connectivity index (χ1) is 22.9. The Morgan fingerprint density at radius 1 is 1.02 bits per heavy atom. The number of allylic oxidation sites excluding steroid dienone is 4. The molecule has 4 aliphatic carbocycles. The Kier molecular flexibility index (Phi) is 9.78. The molecule has 5 aliphatic rings. The lowest BCUT2D eigenvalue weighted by atomic mass is 9.44. The molecule has 0 amide bonds. The van der Waals surface area contributed by atoms with Crippen molar-refractivity contribution in [1.29, 1.82) is 0 Å². The molecule has 278 valence electrons. The Balaban J connectivity index is 1.48. The number of aliphatic hydroxyl groups is 6. The van der Waals surface area contributed by atoms with Crippen LogP contribution in [0.4, 0.5) is 0 Å². The Hall–Kier alpha value is -2.78. The summed E-state index contributed by atoms with van der Waals surface area (Å²) in [6.45, 7) is 12.3. The van der Waals surface area contributed by atoms with Crippen molar-refractivity contribution >= 4 is 23.3 Å². The van der Waals surface area contributed by atoms with Gasteiger partial charge in [0.15, 0.2) is 11.5 Å². The van der Waals surface area contributed by atoms with Crippen molar-refractivity contribution in [2.45, 2.75) is 123 Å². The van der Waals surface area contributed by atoms with Crippen LogP contribution in [0.15, 0.2) is 35.6 Å². The third-order valence-corrected chi connectivity index (χ3v) is 12.6. The van der Waals surface area contributed by atoms with Crippen LogP contribution in [0.2, 0.25) is 0 Å². The number of fused-ring (bicyclic) bond motifs is 5. The molecule has 1 aliphatic heterocycles. The maximum atomic E-state index is 14.4. The van der Waals surface area contributed by atoms with Crippen molar-refractivity contribution < 1.29 is 64.0 Å².